The number of esters is 1. The molecule has 0 aliphatic carbocycles. The lowest BCUT2D eigenvalue weighted by Gasteiger charge is -2.19. The number of carbonyl (C=O) groups is 1. The van der Waals surface area contributed by atoms with E-state index in [1.165, 1.54) is 64.2 Å². The minimum Gasteiger partial charge on any atom is -0.465 e. The number of ether oxygens (including phenoxy) is 4. The molecule has 0 aromatic carbocycles. The summed E-state index contributed by atoms with van der Waals surface area (Å²) in [6, 6.07) is 0. The fourth-order valence-electron chi connectivity index (χ4n) is 4.16. The fourth-order valence-corrected chi connectivity index (χ4v) is 4.16. The lowest BCUT2D eigenvalue weighted by atomic mass is 10.1. The van der Waals surface area contributed by atoms with Crippen LogP contribution >= 0.6 is 0 Å². The lowest BCUT2D eigenvalue weighted by molar-refractivity contribution is -0.160. The van der Waals surface area contributed by atoms with Gasteiger partial charge in [-0.2, -0.15) is 0 Å². The van der Waals surface area contributed by atoms with Crippen LogP contribution in [0.2, 0.25) is 0 Å². The van der Waals surface area contributed by atoms with Gasteiger partial charge in [-0.3, -0.25) is 4.79 Å². The minimum atomic E-state index is -0.330. The van der Waals surface area contributed by atoms with Crippen molar-refractivity contribution in [1.29, 1.82) is 0 Å². The zero-order valence-electron chi connectivity index (χ0n) is 25.1. The normalized spacial score (nSPS) is 12.5. The van der Waals surface area contributed by atoms with Crippen LogP contribution in [-0.4, -0.2) is 69.8 Å². The van der Waals surface area contributed by atoms with Crippen molar-refractivity contribution in [1.82, 2.24) is 4.90 Å². The second kappa shape index (κ2) is 28.3. The maximum Gasteiger partial charge on any atom is 0.305 e. The van der Waals surface area contributed by atoms with Gasteiger partial charge in [0.25, 0.3) is 0 Å². The van der Waals surface area contributed by atoms with Crippen molar-refractivity contribution in [3.8, 4) is 0 Å². The van der Waals surface area contributed by atoms with Gasteiger partial charge in [0.2, 0.25) is 0 Å². The molecule has 6 nitrogen and oxygen atoms in total. The molecule has 0 aromatic heterocycles. The highest BCUT2D eigenvalue weighted by molar-refractivity contribution is 5.69. The van der Waals surface area contributed by atoms with Crippen LogP contribution in [0.1, 0.15) is 124 Å². The largest absolute Gasteiger partial charge is 0.465 e. The number of nitrogens with zero attached hydrogens (tertiary/aromatic N) is 1. The Morgan fingerprint density at radius 3 is 1.78 bits per heavy atom. The van der Waals surface area contributed by atoms with Crippen molar-refractivity contribution >= 4 is 5.97 Å². The van der Waals surface area contributed by atoms with E-state index in [0.29, 0.717) is 39.3 Å². The molecule has 0 aliphatic rings. The van der Waals surface area contributed by atoms with Crippen LogP contribution in [0.25, 0.3) is 0 Å². The van der Waals surface area contributed by atoms with Gasteiger partial charge in [0.1, 0.15) is 0 Å². The van der Waals surface area contributed by atoms with Gasteiger partial charge < -0.3 is 23.8 Å². The monoisotopic (exact) mass is 528 g/mol. The molecule has 0 saturated carbocycles. The molecule has 0 N–H and O–H groups in total. The number of unbranched alkanes of at least 4 members (excludes halogenated alkanes) is 10. The molecular formula is C31H62NO5. The summed E-state index contributed by atoms with van der Waals surface area (Å²) in [4.78, 5) is 14.7. The van der Waals surface area contributed by atoms with Crippen molar-refractivity contribution < 1.29 is 23.7 Å². The summed E-state index contributed by atoms with van der Waals surface area (Å²) in [6.07, 6.45) is 16.3. The fraction of sp³-hybridized carbons (Fsp3) is 0.935. The van der Waals surface area contributed by atoms with E-state index in [2.05, 4.69) is 39.5 Å². The Hall–Kier alpha value is -0.690. The SMILES string of the molecule is [CH2]C(COCCCN(CC)CC)COC(=O)CCC(OCCCCCCCC)OCCCCCCCC. The average molecular weight is 529 g/mol. The van der Waals surface area contributed by atoms with Crippen LogP contribution in [0, 0.1) is 12.8 Å². The van der Waals surface area contributed by atoms with Gasteiger partial charge in [0, 0.05) is 38.7 Å². The summed E-state index contributed by atoms with van der Waals surface area (Å²) in [5, 5.41) is 0. The van der Waals surface area contributed by atoms with E-state index >= 15 is 0 Å². The highest BCUT2D eigenvalue weighted by Gasteiger charge is 2.14. The Labute approximate surface area is 230 Å². The van der Waals surface area contributed by atoms with Gasteiger partial charge in [0.15, 0.2) is 6.29 Å². The predicted octanol–water partition coefficient (Wildman–Crippen LogP) is 7.59. The average Bonchev–Trinajstić information content (AvgIpc) is 2.90. The first-order chi connectivity index (χ1) is 18.1. The number of rotatable bonds is 29. The Morgan fingerprint density at radius 1 is 0.703 bits per heavy atom. The van der Waals surface area contributed by atoms with Crippen LogP contribution in [0.15, 0.2) is 0 Å². The Morgan fingerprint density at radius 2 is 1.24 bits per heavy atom. The van der Waals surface area contributed by atoms with Crippen molar-refractivity contribution in [2.45, 2.75) is 130 Å². The molecule has 0 spiro atoms. The molecule has 0 bridgehead atoms. The third-order valence-corrected chi connectivity index (χ3v) is 6.68. The van der Waals surface area contributed by atoms with Crippen molar-refractivity contribution in [3.05, 3.63) is 6.92 Å². The smallest absolute Gasteiger partial charge is 0.305 e. The molecule has 1 atom stereocenters. The first-order valence-corrected chi connectivity index (χ1v) is 15.6. The molecule has 1 radical (unpaired) electrons. The molecule has 0 rings (SSSR count). The molecule has 37 heavy (non-hydrogen) atoms. The van der Waals surface area contributed by atoms with Crippen molar-refractivity contribution in [2.24, 2.45) is 5.92 Å². The van der Waals surface area contributed by atoms with E-state index in [4.69, 9.17) is 18.9 Å². The van der Waals surface area contributed by atoms with Gasteiger partial charge in [-0.25, -0.2) is 0 Å². The van der Waals surface area contributed by atoms with Crippen LogP contribution in [0.3, 0.4) is 0 Å². The van der Waals surface area contributed by atoms with Gasteiger partial charge in [-0.15, -0.1) is 0 Å². The van der Waals surface area contributed by atoms with Crippen molar-refractivity contribution in [3.63, 3.8) is 0 Å². The highest BCUT2D eigenvalue weighted by atomic mass is 16.7. The van der Waals surface area contributed by atoms with Gasteiger partial charge >= 0.3 is 5.97 Å². The standard InChI is InChI=1S/C31H62NO5/c1-6-10-12-14-16-18-25-35-31(36-26-19-17-15-13-11-7-2)22-21-30(33)37-28-29(5)27-34-24-20-23-32(8-3)9-4/h29,31H,5-28H2,1-4H3. The van der Waals surface area contributed by atoms with E-state index in [0.717, 1.165) is 38.9 Å². The second-order valence-corrected chi connectivity index (χ2v) is 10.2. The molecule has 0 fully saturated rings. The summed E-state index contributed by atoms with van der Waals surface area (Å²) < 4.78 is 23.2. The third kappa shape index (κ3) is 25.4. The van der Waals surface area contributed by atoms with Crippen LogP contribution in [0.5, 0.6) is 0 Å². The lowest BCUT2D eigenvalue weighted by Crippen LogP contribution is -2.25. The quantitative estimate of drug-likeness (QED) is 0.0566. The van der Waals surface area contributed by atoms with E-state index in [-0.39, 0.29) is 24.8 Å². The second-order valence-electron chi connectivity index (χ2n) is 10.2. The molecule has 0 amide bonds. The molecule has 0 aliphatic heterocycles. The summed E-state index contributed by atoms with van der Waals surface area (Å²) in [7, 11) is 0. The molecule has 0 heterocycles. The Balaban J connectivity index is 4.12. The molecule has 1 unspecified atom stereocenters. The van der Waals surface area contributed by atoms with Gasteiger partial charge in [0.05, 0.1) is 19.6 Å². The molecule has 221 valence electrons. The molecular weight excluding hydrogens is 466 g/mol. The number of carbonyl (C=O) groups excluding carboxylic acids is 1. The molecule has 0 saturated heterocycles. The Bertz CT molecular complexity index is 455. The summed E-state index contributed by atoms with van der Waals surface area (Å²) in [5.41, 5.74) is 0. The third-order valence-electron chi connectivity index (χ3n) is 6.68. The summed E-state index contributed by atoms with van der Waals surface area (Å²) in [6.45, 7) is 19.0. The van der Waals surface area contributed by atoms with Crippen LogP contribution in [-0.2, 0) is 23.7 Å². The van der Waals surface area contributed by atoms with Crippen molar-refractivity contribution in [2.75, 3.05) is 52.7 Å². The van der Waals surface area contributed by atoms with E-state index < -0.39 is 0 Å². The van der Waals surface area contributed by atoms with E-state index in [1.54, 1.807) is 0 Å². The summed E-state index contributed by atoms with van der Waals surface area (Å²) in [5.74, 6) is -0.271. The molecule has 6 heteroatoms. The zero-order chi connectivity index (χ0) is 27.4. The minimum absolute atomic E-state index is 0.0545. The predicted molar refractivity (Wildman–Crippen MR) is 155 cm³/mol. The Kier molecular flexibility index (Phi) is 27.8. The first kappa shape index (κ1) is 36.3. The summed E-state index contributed by atoms with van der Waals surface area (Å²) >= 11 is 0. The zero-order valence-corrected chi connectivity index (χ0v) is 25.1. The van der Waals surface area contributed by atoms with Crippen LogP contribution < -0.4 is 0 Å². The molecule has 0 aromatic rings. The van der Waals surface area contributed by atoms with Gasteiger partial charge in [-0.1, -0.05) is 91.9 Å². The van der Waals surface area contributed by atoms with E-state index in [1.807, 2.05) is 0 Å². The van der Waals surface area contributed by atoms with Gasteiger partial charge in [-0.05, 0) is 39.3 Å². The van der Waals surface area contributed by atoms with E-state index in [9.17, 15) is 4.79 Å². The number of hydrogen-bond acceptors (Lipinski definition) is 6. The maximum atomic E-state index is 12.3. The van der Waals surface area contributed by atoms with Crippen LogP contribution in [0.4, 0.5) is 0 Å². The maximum absolute atomic E-state index is 12.3. The highest BCUT2D eigenvalue weighted by Crippen LogP contribution is 2.12. The number of hydrogen-bond donors (Lipinski definition) is 0. The topological polar surface area (TPSA) is 57.2 Å². The first-order valence-electron chi connectivity index (χ1n) is 15.6.